The molecule has 0 spiro atoms. The first-order valence-electron chi connectivity index (χ1n) is 6.24. The topological polar surface area (TPSA) is 87.7 Å². The van der Waals surface area contributed by atoms with Gasteiger partial charge < -0.3 is 20.5 Å². The molecular formula is C12H22N2O4. The maximum Gasteiger partial charge on any atom is 0.315 e. The fourth-order valence-electron chi connectivity index (χ4n) is 1.92. The van der Waals surface area contributed by atoms with E-state index < -0.39 is 11.9 Å². The number of ether oxygens (including phenoxy) is 1. The molecule has 0 aromatic carbocycles. The van der Waals surface area contributed by atoms with Crippen LogP contribution in [0.4, 0.5) is 4.79 Å². The van der Waals surface area contributed by atoms with Crippen molar-refractivity contribution in [2.24, 2.45) is 11.8 Å². The highest BCUT2D eigenvalue weighted by atomic mass is 16.5. The molecule has 6 nitrogen and oxygen atoms in total. The highest BCUT2D eigenvalue weighted by Crippen LogP contribution is 2.22. The molecule has 2 amide bonds. The Morgan fingerprint density at radius 3 is 2.44 bits per heavy atom. The molecule has 0 heterocycles. The maximum absolute atomic E-state index is 11.5. The number of rotatable bonds is 6. The van der Waals surface area contributed by atoms with Gasteiger partial charge in [-0.1, -0.05) is 13.8 Å². The van der Waals surface area contributed by atoms with E-state index in [1.807, 2.05) is 13.8 Å². The van der Waals surface area contributed by atoms with Crippen molar-refractivity contribution >= 4 is 12.0 Å². The largest absolute Gasteiger partial charge is 0.481 e. The second-order valence-electron chi connectivity index (χ2n) is 5.07. The summed E-state index contributed by atoms with van der Waals surface area (Å²) < 4.78 is 5.11. The summed E-state index contributed by atoms with van der Waals surface area (Å²) in [4.78, 5) is 22.5. The van der Waals surface area contributed by atoms with Gasteiger partial charge in [-0.15, -0.1) is 0 Å². The number of aliphatic carboxylic acids is 1. The van der Waals surface area contributed by atoms with Gasteiger partial charge in [-0.05, 0) is 18.8 Å². The molecule has 1 unspecified atom stereocenters. The average molecular weight is 258 g/mol. The zero-order valence-electron chi connectivity index (χ0n) is 11.1. The number of carbonyl (C=O) groups excluding carboxylic acids is 1. The lowest BCUT2D eigenvalue weighted by molar-refractivity contribution is -0.142. The number of carboxylic acids is 1. The Hall–Kier alpha value is -1.30. The van der Waals surface area contributed by atoms with Gasteiger partial charge in [-0.2, -0.15) is 0 Å². The lowest BCUT2D eigenvalue weighted by Gasteiger charge is -2.34. The van der Waals surface area contributed by atoms with Gasteiger partial charge in [0.2, 0.25) is 0 Å². The molecule has 0 aromatic heterocycles. The summed E-state index contributed by atoms with van der Waals surface area (Å²) >= 11 is 0. The molecule has 3 N–H and O–H groups in total. The quantitative estimate of drug-likeness (QED) is 0.658. The van der Waals surface area contributed by atoms with Crippen LogP contribution in [0.25, 0.3) is 0 Å². The van der Waals surface area contributed by atoms with Crippen LogP contribution in [0, 0.1) is 11.8 Å². The van der Waals surface area contributed by atoms with E-state index in [-0.39, 0.29) is 30.6 Å². The van der Waals surface area contributed by atoms with Crippen molar-refractivity contribution in [1.29, 1.82) is 0 Å². The van der Waals surface area contributed by atoms with Gasteiger partial charge in [0.05, 0.1) is 12.0 Å². The first kappa shape index (κ1) is 14.8. The standard InChI is InChI=1S/C12H22N2O4/c1-7(2)10(11(15)16)6-13-12(17)14-8-4-9(5-8)18-3/h7-10H,4-6H2,1-3H3,(H,15,16)(H2,13,14,17). The van der Waals surface area contributed by atoms with Crippen molar-refractivity contribution in [2.45, 2.75) is 38.8 Å². The van der Waals surface area contributed by atoms with E-state index >= 15 is 0 Å². The fourth-order valence-corrected chi connectivity index (χ4v) is 1.92. The number of hydrogen-bond donors (Lipinski definition) is 3. The minimum absolute atomic E-state index is 0.00984. The first-order valence-corrected chi connectivity index (χ1v) is 6.24. The van der Waals surface area contributed by atoms with Gasteiger partial charge in [0.25, 0.3) is 0 Å². The molecule has 1 atom stereocenters. The Bertz CT molecular complexity index is 300. The average Bonchev–Trinajstić information content (AvgIpc) is 2.21. The summed E-state index contributed by atoms with van der Waals surface area (Å²) in [5.41, 5.74) is 0. The Kier molecular flexibility index (Phi) is 5.40. The van der Waals surface area contributed by atoms with Crippen molar-refractivity contribution < 1.29 is 19.4 Å². The third-order valence-electron chi connectivity index (χ3n) is 3.37. The summed E-state index contributed by atoms with van der Waals surface area (Å²) in [6, 6.07) is -0.168. The lowest BCUT2D eigenvalue weighted by Crippen LogP contribution is -2.51. The van der Waals surface area contributed by atoms with E-state index in [1.54, 1.807) is 7.11 Å². The van der Waals surface area contributed by atoms with Crippen molar-refractivity contribution in [2.75, 3.05) is 13.7 Å². The molecule has 0 bridgehead atoms. The smallest absolute Gasteiger partial charge is 0.315 e. The van der Waals surface area contributed by atoms with Gasteiger partial charge in [0.1, 0.15) is 0 Å². The Labute approximate surface area is 107 Å². The van der Waals surface area contributed by atoms with Gasteiger partial charge >= 0.3 is 12.0 Å². The zero-order valence-corrected chi connectivity index (χ0v) is 11.1. The van der Waals surface area contributed by atoms with Gasteiger partial charge in [0.15, 0.2) is 0 Å². The lowest BCUT2D eigenvalue weighted by atomic mass is 9.89. The van der Waals surface area contributed by atoms with E-state index in [0.717, 1.165) is 12.8 Å². The minimum Gasteiger partial charge on any atom is -0.481 e. The van der Waals surface area contributed by atoms with Crippen LogP contribution in [0.15, 0.2) is 0 Å². The predicted molar refractivity (Wildman–Crippen MR) is 66.3 cm³/mol. The highest BCUT2D eigenvalue weighted by Gasteiger charge is 2.30. The Morgan fingerprint density at radius 1 is 1.39 bits per heavy atom. The SMILES string of the molecule is COC1CC(NC(=O)NCC(C(=O)O)C(C)C)C1. The molecular weight excluding hydrogens is 236 g/mol. The number of carbonyl (C=O) groups is 2. The zero-order chi connectivity index (χ0) is 13.7. The van der Waals surface area contributed by atoms with Gasteiger partial charge in [0, 0.05) is 19.7 Å². The molecule has 0 aromatic rings. The summed E-state index contributed by atoms with van der Waals surface area (Å²) in [6.45, 7) is 3.81. The van der Waals surface area contributed by atoms with Crippen molar-refractivity contribution in [3.8, 4) is 0 Å². The molecule has 18 heavy (non-hydrogen) atoms. The second kappa shape index (κ2) is 6.58. The maximum atomic E-state index is 11.5. The van der Waals surface area contributed by atoms with Crippen LogP contribution in [-0.4, -0.2) is 42.9 Å². The summed E-state index contributed by atoms with van der Waals surface area (Å²) in [5, 5.41) is 14.4. The van der Waals surface area contributed by atoms with Crippen LogP contribution in [0.2, 0.25) is 0 Å². The van der Waals surface area contributed by atoms with Gasteiger partial charge in [-0.3, -0.25) is 4.79 Å². The molecule has 1 aliphatic carbocycles. The molecule has 0 radical (unpaired) electrons. The monoisotopic (exact) mass is 258 g/mol. The van der Waals surface area contributed by atoms with E-state index in [9.17, 15) is 9.59 Å². The number of urea groups is 1. The van der Waals surface area contributed by atoms with Crippen LogP contribution in [0.5, 0.6) is 0 Å². The molecule has 0 aliphatic heterocycles. The molecule has 1 rings (SSSR count). The normalized spacial score (nSPS) is 24.2. The third-order valence-corrected chi connectivity index (χ3v) is 3.37. The summed E-state index contributed by atoms with van der Waals surface area (Å²) in [6.07, 6.45) is 1.87. The van der Waals surface area contributed by atoms with Crippen LogP contribution in [0.1, 0.15) is 26.7 Å². The van der Waals surface area contributed by atoms with E-state index in [1.165, 1.54) is 0 Å². The van der Waals surface area contributed by atoms with E-state index in [0.29, 0.717) is 0 Å². The fraction of sp³-hybridized carbons (Fsp3) is 0.833. The van der Waals surface area contributed by atoms with Crippen LogP contribution >= 0.6 is 0 Å². The highest BCUT2D eigenvalue weighted by molar-refractivity contribution is 5.76. The second-order valence-corrected chi connectivity index (χ2v) is 5.07. The van der Waals surface area contributed by atoms with Crippen LogP contribution in [-0.2, 0) is 9.53 Å². The molecule has 1 fully saturated rings. The third kappa shape index (κ3) is 4.18. The molecule has 0 saturated heterocycles. The molecule has 104 valence electrons. The molecule has 1 aliphatic rings. The first-order chi connectivity index (χ1) is 8.43. The minimum atomic E-state index is -0.881. The van der Waals surface area contributed by atoms with Crippen molar-refractivity contribution in [3.05, 3.63) is 0 Å². The number of carboxylic acid groups (broad SMARTS) is 1. The number of amides is 2. The number of hydrogen-bond acceptors (Lipinski definition) is 3. The Morgan fingerprint density at radius 2 is 2.00 bits per heavy atom. The van der Waals surface area contributed by atoms with Crippen molar-refractivity contribution in [3.63, 3.8) is 0 Å². The Balaban J connectivity index is 2.22. The predicted octanol–water partition coefficient (Wildman–Crippen LogP) is 0.820. The van der Waals surface area contributed by atoms with E-state index in [2.05, 4.69) is 10.6 Å². The van der Waals surface area contributed by atoms with E-state index in [4.69, 9.17) is 9.84 Å². The van der Waals surface area contributed by atoms with Crippen molar-refractivity contribution in [1.82, 2.24) is 10.6 Å². The summed E-state index contributed by atoms with van der Waals surface area (Å²) in [5.74, 6) is -1.44. The number of methoxy groups -OCH3 is 1. The summed E-state index contributed by atoms with van der Waals surface area (Å²) in [7, 11) is 1.65. The molecule has 6 heteroatoms. The number of nitrogens with one attached hydrogen (secondary N) is 2. The van der Waals surface area contributed by atoms with Crippen LogP contribution in [0.3, 0.4) is 0 Å². The molecule has 1 saturated carbocycles. The van der Waals surface area contributed by atoms with Crippen LogP contribution < -0.4 is 10.6 Å². The van der Waals surface area contributed by atoms with Gasteiger partial charge in [-0.25, -0.2) is 4.79 Å².